The van der Waals surface area contributed by atoms with Crippen LogP contribution in [0.15, 0.2) is 45.7 Å². The van der Waals surface area contributed by atoms with Crippen LogP contribution in [0.2, 0.25) is 0 Å². The van der Waals surface area contributed by atoms with Gasteiger partial charge in [-0.2, -0.15) is 0 Å². The highest BCUT2D eigenvalue weighted by atomic mass is 32.2. The molecular weight excluding hydrogens is 288 g/mol. The van der Waals surface area contributed by atoms with Gasteiger partial charge in [0.05, 0.1) is 6.54 Å². The van der Waals surface area contributed by atoms with Gasteiger partial charge in [-0.05, 0) is 26.0 Å². The lowest BCUT2D eigenvalue weighted by Gasteiger charge is -2.05. The Labute approximate surface area is 125 Å². The van der Waals surface area contributed by atoms with Crippen molar-refractivity contribution in [3.63, 3.8) is 0 Å². The van der Waals surface area contributed by atoms with Gasteiger partial charge in [-0.15, -0.1) is 0 Å². The summed E-state index contributed by atoms with van der Waals surface area (Å²) in [4.78, 5) is 0.209. The van der Waals surface area contributed by atoms with E-state index in [9.17, 15) is 8.42 Å². The molecule has 0 atom stereocenters. The van der Waals surface area contributed by atoms with Crippen molar-refractivity contribution >= 4 is 10.0 Å². The quantitative estimate of drug-likeness (QED) is 0.818. The Kier molecular flexibility index (Phi) is 5.17. The summed E-state index contributed by atoms with van der Waals surface area (Å²) in [7, 11) is -1.75. The van der Waals surface area contributed by atoms with Crippen molar-refractivity contribution in [1.29, 1.82) is 0 Å². The largest absolute Gasteiger partial charge is 0.464 e. The fourth-order valence-corrected chi connectivity index (χ4v) is 3.34. The molecular formula is C15H20N2O3S. The topological polar surface area (TPSA) is 71.3 Å². The van der Waals surface area contributed by atoms with Gasteiger partial charge in [0.15, 0.2) is 0 Å². The van der Waals surface area contributed by atoms with Crippen LogP contribution in [0.5, 0.6) is 0 Å². The van der Waals surface area contributed by atoms with Gasteiger partial charge in [0.25, 0.3) is 0 Å². The molecule has 0 radical (unpaired) electrons. The second-order valence-electron chi connectivity index (χ2n) is 4.80. The summed E-state index contributed by atoms with van der Waals surface area (Å²) >= 11 is 0. The third-order valence-electron chi connectivity index (χ3n) is 3.11. The normalized spacial score (nSPS) is 11.7. The van der Waals surface area contributed by atoms with E-state index >= 15 is 0 Å². The molecule has 5 nitrogen and oxygen atoms in total. The van der Waals surface area contributed by atoms with Crippen molar-refractivity contribution in [2.45, 2.75) is 24.8 Å². The molecule has 0 amide bonds. The van der Waals surface area contributed by atoms with Crippen LogP contribution in [0.1, 0.15) is 17.1 Å². The summed E-state index contributed by atoms with van der Waals surface area (Å²) in [6.45, 7) is 2.52. The maximum Gasteiger partial charge on any atom is 0.244 e. The highest BCUT2D eigenvalue weighted by Gasteiger charge is 2.20. The van der Waals surface area contributed by atoms with Gasteiger partial charge >= 0.3 is 0 Å². The first kappa shape index (κ1) is 15.8. The lowest BCUT2D eigenvalue weighted by molar-refractivity contribution is 0.465. The molecule has 21 heavy (non-hydrogen) atoms. The molecule has 0 saturated carbocycles. The minimum absolute atomic E-state index is 0.209. The van der Waals surface area contributed by atoms with Gasteiger partial charge in [-0.3, -0.25) is 0 Å². The molecule has 2 N–H and O–H groups in total. The first-order valence-corrected chi connectivity index (χ1v) is 8.29. The predicted octanol–water partition coefficient (Wildman–Crippen LogP) is 1.83. The number of hydrogen-bond donors (Lipinski definition) is 2. The Morgan fingerprint density at radius 3 is 2.57 bits per heavy atom. The maximum absolute atomic E-state index is 12.3. The van der Waals surface area contributed by atoms with E-state index in [1.165, 1.54) is 0 Å². The van der Waals surface area contributed by atoms with E-state index in [1.807, 2.05) is 30.3 Å². The molecule has 114 valence electrons. The van der Waals surface area contributed by atoms with Crippen molar-refractivity contribution in [3.05, 3.63) is 53.5 Å². The van der Waals surface area contributed by atoms with E-state index in [2.05, 4.69) is 10.0 Å². The summed E-state index contributed by atoms with van der Waals surface area (Å²) in [6.07, 6.45) is 0.653. The number of aryl methyl sites for hydroxylation is 1. The van der Waals surface area contributed by atoms with E-state index in [1.54, 1.807) is 20.0 Å². The Morgan fingerprint density at radius 1 is 1.19 bits per heavy atom. The van der Waals surface area contributed by atoms with E-state index in [-0.39, 0.29) is 4.90 Å². The molecule has 0 aliphatic rings. The van der Waals surface area contributed by atoms with Crippen LogP contribution < -0.4 is 10.0 Å². The van der Waals surface area contributed by atoms with E-state index < -0.39 is 10.0 Å². The highest BCUT2D eigenvalue weighted by molar-refractivity contribution is 7.89. The molecule has 0 aliphatic heterocycles. The number of nitrogens with one attached hydrogen (secondary N) is 2. The summed E-state index contributed by atoms with van der Waals surface area (Å²) < 4.78 is 32.6. The minimum Gasteiger partial charge on any atom is -0.464 e. The molecule has 2 rings (SSSR count). The van der Waals surface area contributed by atoms with Crippen LogP contribution in [0.3, 0.4) is 0 Å². The molecule has 0 unspecified atom stereocenters. The van der Waals surface area contributed by atoms with E-state index in [4.69, 9.17) is 4.42 Å². The second-order valence-corrected chi connectivity index (χ2v) is 6.53. The molecule has 1 heterocycles. The SMILES string of the molecule is CNCc1cc(S(=O)(=O)NCCc2ccccc2)c(C)o1. The van der Waals surface area contributed by atoms with Crippen LogP contribution >= 0.6 is 0 Å². The van der Waals surface area contributed by atoms with Crippen molar-refractivity contribution in [1.82, 2.24) is 10.0 Å². The predicted molar refractivity (Wildman–Crippen MR) is 81.5 cm³/mol. The van der Waals surface area contributed by atoms with E-state index in [0.717, 1.165) is 5.56 Å². The van der Waals surface area contributed by atoms with Crippen LogP contribution in [0.4, 0.5) is 0 Å². The molecule has 0 spiro atoms. The molecule has 0 aliphatic carbocycles. The minimum atomic E-state index is -3.53. The standard InChI is InChI=1S/C15H20N2O3S/c1-12-15(10-14(20-12)11-16-2)21(18,19)17-9-8-13-6-4-3-5-7-13/h3-7,10,16-17H,8-9,11H2,1-2H3. The van der Waals surface area contributed by atoms with Gasteiger partial charge in [-0.25, -0.2) is 13.1 Å². The van der Waals surface area contributed by atoms with Gasteiger partial charge in [-0.1, -0.05) is 30.3 Å². The van der Waals surface area contributed by atoms with Crippen molar-refractivity contribution in [2.75, 3.05) is 13.6 Å². The zero-order chi connectivity index (χ0) is 15.3. The summed E-state index contributed by atoms with van der Waals surface area (Å²) in [5, 5.41) is 2.93. The third-order valence-corrected chi connectivity index (χ3v) is 4.68. The zero-order valence-corrected chi connectivity index (χ0v) is 13.0. The fraction of sp³-hybridized carbons (Fsp3) is 0.333. The number of hydrogen-bond acceptors (Lipinski definition) is 4. The van der Waals surface area contributed by atoms with E-state index in [0.29, 0.717) is 31.0 Å². The lowest BCUT2D eigenvalue weighted by Crippen LogP contribution is -2.26. The Morgan fingerprint density at radius 2 is 1.90 bits per heavy atom. The monoisotopic (exact) mass is 308 g/mol. The van der Waals surface area contributed by atoms with Crippen LogP contribution in [0.25, 0.3) is 0 Å². The van der Waals surface area contributed by atoms with Crippen LogP contribution in [-0.4, -0.2) is 22.0 Å². The lowest BCUT2D eigenvalue weighted by atomic mass is 10.2. The Bertz CT molecular complexity index is 678. The fourth-order valence-electron chi connectivity index (χ4n) is 2.10. The Hall–Kier alpha value is -1.63. The Balaban J connectivity index is 2.01. The smallest absolute Gasteiger partial charge is 0.244 e. The average molecular weight is 308 g/mol. The first-order chi connectivity index (χ1) is 10.0. The number of rotatable bonds is 7. The van der Waals surface area contributed by atoms with Crippen LogP contribution in [0, 0.1) is 6.92 Å². The summed E-state index contributed by atoms with van der Waals surface area (Å²) in [5.41, 5.74) is 1.10. The molecule has 0 saturated heterocycles. The second kappa shape index (κ2) is 6.89. The molecule has 0 fully saturated rings. The number of sulfonamides is 1. The molecule has 0 bridgehead atoms. The molecule has 1 aromatic heterocycles. The highest BCUT2D eigenvalue weighted by Crippen LogP contribution is 2.19. The van der Waals surface area contributed by atoms with Gasteiger partial charge < -0.3 is 9.73 Å². The third kappa shape index (κ3) is 4.17. The van der Waals surface area contributed by atoms with Crippen LogP contribution in [-0.2, 0) is 23.0 Å². The van der Waals surface area contributed by atoms with Gasteiger partial charge in [0.2, 0.25) is 10.0 Å². The average Bonchev–Trinajstić information content (AvgIpc) is 2.82. The molecule has 6 heteroatoms. The van der Waals surface area contributed by atoms with Crippen molar-refractivity contribution < 1.29 is 12.8 Å². The van der Waals surface area contributed by atoms with Gasteiger partial charge in [0.1, 0.15) is 16.4 Å². The maximum atomic E-state index is 12.3. The molecule has 1 aromatic carbocycles. The zero-order valence-electron chi connectivity index (χ0n) is 12.2. The number of benzene rings is 1. The molecule has 2 aromatic rings. The summed E-state index contributed by atoms with van der Waals surface area (Å²) in [5.74, 6) is 1.02. The van der Waals surface area contributed by atoms with Crippen molar-refractivity contribution in [3.8, 4) is 0 Å². The van der Waals surface area contributed by atoms with Gasteiger partial charge in [0, 0.05) is 12.6 Å². The number of furan rings is 1. The summed E-state index contributed by atoms with van der Waals surface area (Å²) in [6, 6.07) is 11.3. The first-order valence-electron chi connectivity index (χ1n) is 6.80. The van der Waals surface area contributed by atoms with Crippen molar-refractivity contribution in [2.24, 2.45) is 0 Å².